The summed E-state index contributed by atoms with van der Waals surface area (Å²) in [5, 5.41) is 8.02. The van der Waals surface area contributed by atoms with Crippen LogP contribution in [-0.2, 0) is 11.3 Å². The third kappa shape index (κ3) is 2.08. The van der Waals surface area contributed by atoms with Crippen LogP contribution in [0.4, 0.5) is 0 Å². The van der Waals surface area contributed by atoms with Gasteiger partial charge < -0.3 is 10.6 Å². The summed E-state index contributed by atoms with van der Waals surface area (Å²) in [4.78, 5) is 12.6. The average molecular weight is 196 g/mol. The van der Waals surface area contributed by atoms with Gasteiger partial charge in [0.15, 0.2) is 0 Å². The Kier molecular flexibility index (Phi) is 2.61. The highest BCUT2D eigenvalue weighted by Crippen LogP contribution is 2.08. The Bertz CT molecular complexity index is 280. The number of carbonyl (C=O) groups is 1. The Balaban J connectivity index is 1.76. The molecule has 0 radical (unpaired) electrons. The second-order valence-electron chi connectivity index (χ2n) is 3.15. The Morgan fingerprint density at radius 1 is 1.69 bits per heavy atom. The molecule has 13 heavy (non-hydrogen) atoms. The van der Waals surface area contributed by atoms with Gasteiger partial charge in [-0.15, -0.1) is 11.3 Å². The van der Waals surface area contributed by atoms with E-state index in [4.69, 9.17) is 0 Å². The van der Waals surface area contributed by atoms with E-state index in [1.807, 2.05) is 17.5 Å². The summed E-state index contributed by atoms with van der Waals surface area (Å²) in [5.41, 5.74) is 0. The second-order valence-corrected chi connectivity index (χ2v) is 4.18. The summed E-state index contributed by atoms with van der Waals surface area (Å²) in [6.07, 6.45) is 0. The highest BCUT2D eigenvalue weighted by atomic mass is 32.1. The topological polar surface area (TPSA) is 41.1 Å². The first kappa shape index (κ1) is 8.72. The first-order chi connectivity index (χ1) is 6.36. The molecule has 4 heteroatoms. The third-order valence-electron chi connectivity index (χ3n) is 2.17. The highest BCUT2D eigenvalue weighted by Gasteiger charge is 2.24. The van der Waals surface area contributed by atoms with Gasteiger partial charge in [0.2, 0.25) is 5.91 Å². The van der Waals surface area contributed by atoms with Crippen LogP contribution in [0, 0.1) is 5.92 Å². The van der Waals surface area contributed by atoms with Crippen LogP contribution in [0.3, 0.4) is 0 Å². The third-order valence-corrected chi connectivity index (χ3v) is 3.05. The first-order valence-electron chi connectivity index (χ1n) is 4.37. The van der Waals surface area contributed by atoms with Crippen LogP contribution in [0.25, 0.3) is 0 Å². The van der Waals surface area contributed by atoms with Crippen LogP contribution in [0.5, 0.6) is 0 Å². The van der Waals surface area contributed by atoms with Crippen molar-refractivity contribution >= 4 is 17.2 Å². The fraction of sp³-hybridized carbons (Fsp3) is 0.444. The molecule has 1 saturated heterocycles. The summed E-state index contributed by atoms with van der Waals surface area (Å²) in [6.45, 7) is 2.33. The van der Waals surface area contributed by atoms with Gasteiger partial charge in [0.1, 0.15) is 0 Å². The van der Waals surface area contributed by atoms with Crippen LogP contribution < -0.4 is 10.6 Å². The zero-order valence-electron chi connectivity index (χ0n) is 7.25. The molecule has 1 aromatic heterocycles. The Morgan fingerprint density at radius 2 is 2.54 bits per heavy atom. The van der Waals surface area contributed by atoms with E-state index in [2.05, 4.69) is 10.6 Å². The minimum Gasteiger partial charge on any atom is -0.351 e. The normalized spacial score (nSPS) is 16.6. The van der Waals surface area contributed by atoms with Gasteiger partial charge in [0, 0.05) is 18.0 Å². The zero-order chi connectivity index (χ0) is 9.10. The maximum atomic E-state index is 11.4. The van der Waals surface area contributed by atoms with Crippen molar-refractivity contribution in [1.82, 2.24) is 10.6 Å². The van der Waals surface area contributed by atoms with Crippen LogP contribution >= 0.6 is 11.3 Å². The molecule has 0 spiro atoms. The molecule has 0 aliphatic carbocycles. The van der Waals surface area contributed by atoms with E-state index in [9.17, 15) is 4.79 Å². The summed E-state index contributed by atoms with van der Waals surface area (Å²) < 4.78 is 0. The van der Waals surface area contributed by atoms with E-state index in [1.54, 1.807) is 11.3 Å². The number of hydrogen-bond donors (Lipinski definition) is 2. The van der Waals surface area contributed by atoms with E-state index < -0.39 is 0 Å². The second kappa shape index (κ2) is 3.89. The molecule has 2 rings (SSSR count). The minimum absolute atomic E-state index is 0.173. The van der Waals surface area contributed by atoms with Gasteiger partial charge in [-0.1, -0.05) is 6.07 Å². The molecule has 0 bridgehead atoms. The SMILES string of the molecule is O=C(NCc1cccs1)C1CNC1. The van der Waals surface area contributed by atoms with Gasteiger partial charge in [-0.3, -0.25) is 4.79 Å². The maximum Gasteiger partial charge on any atom is 0.225 e. The highest BCUT2D eigenvalue weighted by molar-refractivity contribution is 7.09. The number of amides is 1. The van der Waals surface area contributed by atoms with E-state index >= 15 is 0 Å². The van der Waals surface area contributed by atoms with Crippen molar-refractivity contribution in [2.24, 2.45) is 5.92 Å². The molecule has 2 N–H and O–H groups in total. The largest absolute Gasteiger partial charge is 0.351 e. The van der Waals surface area contributed by atoms with Gasteiger partial charge in [-0.25, -0.2) is 0 Å². The Hall–Kier alpha value is -0.870. The fourth-order valence-electron chi connectivity index (χ4n) is 1.21. The zero-order valence-corrected chi connectivity index (χ0v) is 8.06. The van der Waals surface area contributed by atoms with Gasteiger partial charge in [0.05, 0.1) is 12.5 Å². The number of nitrogens with one attached hydrogen (secondary N) is 2. The van der Waals surface area contributed by atoms with Gasteiger partial charge in [-0.2, -0.15) is 0 Å². The number of hydrogen-bond acceptors (Lipinski definition) is 3. The van der Waals surface area contributed by atoms with Crippen molar-refractivity contribution in [1.29, 1.82) is 0 Å². The molecule has 0 atom stereocenters. The van der Waals surface area contributed by atoms with Gasteiger partial charge in [0.25, 0.3) is 0 Å². The molecule has 0 unspecified atom stereocenters. The lowest BCUT2D eigenvalue weighted by Crippen LogP contribution is -2.50. The molecule has 70 valence electrons. The van der Waals surface area contributed by atoms with E-state index in [-0.39, 0.29) is 11.8 Å². The molecule has 2 heterocycles. The number of thiophene rings is 1. The van der Waals surface area contributed by atoms with E-state index in [0.29, 0.717) is 6.54 Å². The van der Waals surface area contributed by atoms with Crippen LogP contribution in [0.15, 0.2) is 17.5 Å². The lowest BCUT2D eigenvalue weighted by molar-refractivity contribution is -0.126. The van der Waals surface area contributed by atoms with Crippen molar-refractivity contribution in [3.05, 3.63) is 22.4 Å². The molecule has 0 aromatic carbocycles. The molecule has 0 saturated carbocycles. The molecule has 1 fully saturated rings. The molecule has 1 amide bonds. The van der Waals surface area contributed by atoms with Crippen LogP contribution in [-0.4, -0.2) is 19.0 Å². The fourth-order valence-corrected chi connectivity index (χ4v) is 1.85. The van der Waals surface area contributed by atoms with Crippen molar-refractivity contribution < 1.29 is 4.79 Å². The average Bonchev–Trinajstić information content (AvgIpc) is 2.49. The summed E-state index contributed by atoms with van der Waals surface area (Å²) in [5.74, 6) is 0.368. The van der Waals surface area contributed by atoms with Crippen molar-refractivity contribution in [3.8, 4) is 0 Å². The Morgan fingerprint density at radius 3 is 3.08 bits per heavy atom. The molecular formula is C9H12N2OS. The molecule has 1 aliphatic rings. The quantitative estimate of drug-likeness (QED) is 0.742. The van der Waals surface area contributed by atoms with Crippen molar-refractivity contribution in [3.63, 3.8) is 0 Å². The van der Waals surface area contributed by atoms with Crippen molar-refractivity contribution in [2.75, 3.05) is 13.1 Å². The lowest BCUT2D eigenvalue weighted by Gasteiger charge is -2.25. The standard InChI is InChI=1S/C9H12N2OS/c12-9(7-4-10-5-7)11-6-8-2-1-3-13-8/h1-3,7,10H,4-6H2,(H,11,12). The van der Waals surface area contributed by atoms with Gasteiger partial charge >= 0.3 is 0 Å². The number of carbonyl (C=O) groups excluding carboxylic acids is 1. The van der Waals surface area contributed by atoms with Crippen LogP contribution in [0.2, 0.25) is 0 Å². The molecular weight excluding hydrogens is 184 g/mol. The smallest absolute Gasteiger partial charge is 0.225 e. The molecule has 1 aromatic rings. The monoisotopic (exact) mass is 196 g/mol. The van der Waals surface area contributed by atoms with Crippen molar-refractivity contribution in [2.45, 2.75) is 6.54 Å². The summed E-state index contributed by atoms with van der Waals surface area (Å²) >= 11 is 1.67. The number of rotatable bonds is 3. The lowest BCUT2D eigenvalue weighted by atomic mass is 10.0. The summed E-state index contributed by atoms with van der Waals surface area (Å²) in [6, 6.07) is 4.03. The Labute approximate surface area is 81.2 Å². The predicted octanol–water partition coefficient (Wildman–Crippen LogP) is 0.584. The maximum absolute atomic E-state index is 11.4. The molecule has 1 aliphatic heterocycles. The van der Waals surface area contributed by atoms with Gasteiger partial charge in [-0.05, 0) is 11.4 Å². The van der Waals surface area contributed by atoms with E-state index in [0.717, 1.165) is 13.1 Å². The predicted molar refractivity (Wildman–Crippen MR) is 52.5 cm³/mol. The summed E-state index contributed by atoms with van der Waals surface area (Å²) in [7, 11) is 0. The van der Waals surface area contributed by atoms with Crippen LogP contribution in [0.1, 0.15) is 4.88 Å². The minimum atomic E-state index is 0.173. The first-order valence-corrected chi connectivity index (χ1v) is 5.25. The van der Waals surface area contributed by atoms with E-state index in [1.165, 1.54) is 4.88 Å². The molecule has 3 nitrogen and oxygen atoms in total.